The molecule has 0 spiro atoms. The molecule has 1 aliphatic heterocycles. The van der Waals surface area contributed by atoms with Crippen molar-refractivity contribution in [3.63, 3.8) is 0 Å². The van der Waals surface area contributed by atoms with Crippen molar-refractivity contribution in [2.24, 2.45) is 5.92 Å². The van der Waals surface area contributed by atoms with Crippen LogP contribution in [0.4, 0.5) is 0 Å². The van der Waals surface area contributed by atoms with Gasteiger partial charge in [0, 0.05) is 12.3 Å². The van der Waals surface area contributed by atoms with Gasteiger partial charge in [0.25, 0.3) is 0 Å². The maximum Gasteiger partial charge on any atom is 0.182 e. The molecule has 1 atom stereocenters. The Balaban J connectivity index is 2.12. The average Bonchev–Trinajstić information content (AvgIpc) is 2.67. The average molecular weight is 250 g/mol. The van der Waals surface area contributed by atoms with Gasteiger partial charge in [-0.25, -0.2) is 0 Å². The van der Waals surface area contributed by atoms with Crippen molar-refractivity contribution in [1.82, 2.24) is 10.3 Å². The second-order valence-electron chi connectivity index (χ2n) is 4.76. The largest absolute Gasteiger partial charge is 0.493 e. The predicted molar refractivity (Wildman–Crippen MR) is 71.3 cm³/mol. The topological polar surface area (TPSA) is 43.4 Å². The fourth-order valence-electron chi connectivity index (χ4n) is 2.53. The van der Waals surface area contributed by atoms with Crippen molar-refractivity contribution < 1.29 is 9.47 Å². The highest BCUT2D eigenvalue weighted by Crippen LogP contribution is 2.31. The number of ether oxygens (including phenoxy) is 2. The number of nitrogens with one attached hydrogen (secondary N) is 1. The minimum atomic E-state index is 0.640. The van der Waals surface area contributed by atoms with Gasteiger partial charge in [0.05, 0.1) is 19.9 Å². The molecule has 0 aromatic carbocycles. The highest BCUT2D eigenvalue weighted by Gasteiger charge is 2.17. The Kier molecular flexibility index (Phi) is 4.81. The third kappa shape index (κ3) is 3.13. The number of methoxy groups -OCH3 is 2. The first kappa shape index (κ1) is 13.1. The minimum absolute atomic E-state index is 0.640. The summed E-state index contributed by atoms with van der Waals surface area (Å²) in [6.45, 7) is 2.21. The lowest BCUT2D eigenvalue weighted by molar-refractivity contribution is 0.345. The standard InChI is InChI=1S/C14H22N2O2/c1-17-13-6-8-16-12(14(13)18-2)9-11-5-3-4-7-15-10-11/h6,8,11,15H,3-5,7,9-10H2,1-2H3. The summed E-state index contributed by atoms with van der Waals surface area (Å²) >= 11 is 0. The van der Waals surface area contributed by atoms with E-state index < -0.39 is 0 Å². The zero-order valence-corrected chi connectivity index (χ0v) is 11.2. The molecule has 0 bridgehead atoms. The van der Waals surface area contributed by atoms with Gasteiger partial charge in [-0.1, -0.05) is 6.42 Å². The highest BCUT2D eigenvalue weighted by molar-refractivity contribution is 5.42. The van der Waals surface area contributed by atoms with Crippen molar-refractivity contribution in [3.8, 4) is 11.5 Å². The Labute approximate surface area is 109 Å². The van der Waals surface area contributed by atoms with Crippen LogP contribution in [0.5, 0.6) is 11.5 Å². The summed E-state index contributed by atoms with van der Waals surface area (Å²) in [5, 5.41) is 3.48. The van der Waals surface area contributed by atoms with E-state index in [9.17, 15) is 0 Å². The molecular weight excluding hydrogens is 228 g/mol. The molecule has 1 unspecified atom stereocenters. The van der Waals surface area contributed by atoms with E-state index in [1.54, 1.807) is 20.4 Å². The number of hydrogen-bond acceptors (Lipinski definition) is 4. The number of hydrogen-bond donors (Lipinski definition) is 1. The molecule has 0 amide bonds. The summed E-state index contributed by atoms with van der Waals surface area (Å²) < 4.78 is 10.7. The normalized spacial score (nSPS) is 20.2. The van der Waals surface area contributed by atoms with E-state index in [-0.39, 0.29) is 0 Å². The Hall–Kier alpha value is -1.29. The molecule has 0 saturated carbocycles. The van der Waals surface area contributed by atoms with Crippen LogP contribution in [0.25, 0.3) is 0 Å². The molecule has 1 fully saturated rings. The third-order valence-electron chi connectivity index (χ3n) is 3.50. The van der Waals surface area contributed by atoms with Crippen molar-refractivity contribution >= 4 is 0 Å². The molecule has 2 heterocycles. The zero-order valence-electron chi connectivity index (χ0n) is 11.2. The first-order valence-electron chi connectivity index (χ1n) is 6.61. The summed E-state index contributed by atoms with van der Waals surface area (Å²) in [5.41, 5.74) is 1.01. The van der Waals surface area contributed by atoms with Crippen LogP contribution in [0, 0.1) is 5.92 Å². The Morgan fingerprint density at radius 1 is 1.33 bits per heavy atom. The van der Waals surface area contributed by atoms with Gasteiger partial charge in [0.1, 0.15) is 0 Å². The summed E-state index contributed by atoms with van der Waals surface area (Å²) in [4.78, 5) is 4.45. The van der Waals surface area contributed by atoms with E-state index in [1.807, 2.05) is 6.07 Å². The van der Waals surface area contributed by atoms with Gasteiger partial charge in [-0.05, 0) is 38.3 Å². The smallest absolute Gasteiger partial charge is 0.182 e. The van der Waals surface area contributed by atoms with E-state index in [2.05, 4.69) is 10.3 Å². The van der Waals surface area contributed by atoms with Gasteiger partial charge < -0.3 is 14.8 Å². The van der Waals surface area contributed by atoms with E-state index >= 15 is 0 Å². The van der Waals surface area contributed by atoms with Crippen molar-refractivity contribution in [1.29, 1.82) is 0 Å². The Bertz CT molecular complexity index is 374. The minimum Gasteiger partial charge on any atom is -0.493 e. The van der Waals surface area contributed by atoms with E-state index in [4.69, 9.17) is 9.47 Å². The first-order chi connectivity index (χ1) is 8.85. The van der Waals surface area contributed by atoms with Crippen LogP contribution >= 0.6 is 0 Å². The van der Waals surface area contributed by atoms with E-state index in [0.29, 0.717) is 5.92 Å². The highest BCUT2D eigenvalue weighted by atomic mass is 16.5. The molecule has 1 aliphatic rings. The SMILES string of the molecule is COc1ccnc(CC2CCCCNC2)c1OC. The maximum absolute atomic E-state index is 5.43. The fourth-order valence-corrected chi connectivity index (χ4v) is 2.53. The first-order valence-corrected chi connectivity index (χ1v) is 6.61. The van der Waals surface area contributed by atoms with Crippen LogP contribution in [0.3, 0.4) is 0 Å². The van der Waals surface area contributed by atoms with Gasteiger partial charge >= 0.3 is 0 Å². The summed E-state index contributed by atoms with van der Waals surface area (Å²) in [5.74, 6) is 2.19. The molecular formula is C14H22N2O2. The van der Waals surface area contributed by atoms with Gasteiger partial charge in [0.2, 0.25) is 0 Å². The quantitative estimate of drug-likeness (QED) is 0.888. The molecule has 18 heavy (non-hydrogen) atoms. The van der Waals surface area contributed by atoms with Crippen LogP contribution < -0.4 is 14.8 Å². The van der Waals surface area contributed by atoms with E-state index in [0.717, 1.165) is 36.7 Å². The maximum atomic E-state index is 5.43. The Morgan fingerprint density at radius 3 is 3.00 bits per heavy atom. The fraction of sp³-hybridized carbons (Fsp3) is 0.643. The van der Waals surface area contributed by atoms with Gasteiger partial charge in [-0.15, -0.1) is 0 Å². The van der Waals surface area contributed by atoms with E-state index in [1.165, 1.54) is 19.3 Å². The van der Waals surface area contributed by atoms with Crippen molar-refractivity contribution in [2.45, 2.75) is 25.7 Å². The summed E-state index contributed by atoms with van der Waals surface area (Å²) in [7, 11) is 3.34. The second-order valence-corrected chi connectivity index (χ2v) is 4.76. The molecule has 100 valence electrons. The molecule has 4 heteroatoms. The lowest BCUT2D eigenvalue weighted by Crippen LogP contribution is -2.22. The number of pyridine rings is 1. The summed E-state index contributed by atoms with van der Waals surface area (Å²) in [6.07, 6.45) is 6.58. The molecule has 1 aromatic rings. The molecule has 0 aliphatic carbocycles. The molecule has 4 nitrogen and oxygen atoms in total. The van der Waals surface area contributed by atoms with Crippen molar-refractivity contribution in [3.05, 3.63) is 18.0 Å². The van der Waals surface area contributed by atoms with Gasteiger partial charge in [-0.2, -0.15) is 0 Å². The van der Waals surface area contributed by atoms with Crippen LogP contribution in [0.1, 0.15) is 25.0 Å². The Morgan fingerprint density at radius 2 is 2.22 bits per heavy atom. The lowest BCUT2D eigenvalue weighted by Gasteiger charge is -2.16. The third-order valence-corrected chi connectivity index (χ3v) is 3.50. The van der Waals surface area contributed by atoms with Gasteiger partial charge in [0.15, 0.2) is 11.5 Å². The van der Waals surface area contributed by atoms with Crippen molar-refractivity contribution in [2.75, 3.05) is 27.3 Å². The molecule has 1 aromatic heterocycles. The van der Waals surface area contributed by atoms with Crippen LogP contribution in [0.2, 0.25) is 0 Å². The lowest BCUT2D eigenvalue weighted by atomic mass is 9.97. The zero-order chi connectivity index (χ0) is 12.8. The predicted octanol–water partition coefficient (Wildman–Crippen LogP) is 2.03. The van der Waals surface area contributed by atoms with Gasteiger partial charge in [-0.3, -0.25) is 4.98 Å². The molecule has 2 rings (SSSR count). The summed E-state index contributed by atoms with van der Waals surface area (Å²) in [6, 6.07) is 1.84. The second kappa shape index (κ2) is 6.59. The number of rotatable bonds is 4. The van der Waals surface area contributed by atoms with Crippen LogP contribution in [0.15, 0.2) is 12.3 Å². The van der Waals surface area contributed by atoms with Crippen LogP contribution in [-0.4, -0.2) is 32.3 Å². The number of aromatic nitrogens is 1. The molecule has 1 N–H and O–H groups in total. The molecule has 0 radical (unpaired) electrons. The monoisotopic (exact) mass is 250 g/mol. The molecule has 1 saturated heterocycles. The van der Waals surface area contributed by atoms with Crippen LogP contribution in [-0.2, 0) is 6.42 Å². The number of nitrogens with zero attached hydrogens (tertiary/aromatic N) is 1.